The molecule has 0 spiro atoms. The fourth-order valence-electron chi connectivity index (χ4n) is 1.74. The molecule has 0 saturated heterocycles. The number of aromatic nitrogens is 2. The second-order valence-electron chi connectivity index (χ2n) is 3.77. The van der Waals surface area contributed by atoms with Crippen LogP contribution in [0.5, 0.6) is 0 Å². The van der Waals surface area contributed by atoms with Gasteiger partial charge in [0.1, 0.15) is 5.82 Å². The molecule has 3 heteroatoms. The lowest BCUT2D eigenvalue weighted by molar-refractivity contribution is 0.841. The molecule has 1 aromatic carbocycles. The van der Waals surface area contributed by atoms with E-state index in [1.807, 2.05) is 25.3 Å². The Morgan fingerprint density at radius 3 is 2.87 bits per heavy atom. The summed E-state index contributed by atoms with van der Waals surface area (Å²) in [4.78, 5) is 7.37. The van der Waals surface area contributed by atoms with Crippen molar-refractivity contribution in [3.8, 4) is 0 Å². The van der Waals surface area contributed by atoms with E-state index >= 15 is 0 Å². The normalized spacial score (nSPS) is 12.7. The number of anilines is 1. The lowest BCUT2D eigenvalue weighted by atomic mass is 9.96. The molecular weight excluding hydrogens is 186 g/mol. The Bertz CT molecular complexity index is 446. The smallest absolute Gasteiger partial charge is 0.113 e. The predicted octanol–water partition coefficient (Wildman–Crippen LogP) is 2.45. The molecule has 0 fully saturated rings. The summed E-state index contributed by atoms with van der Waals surface area (Å²) in [5.41, 5.74) is 9.16. The molecule has 3 nitrogen and oxygen atoms in total. The van der Waals surface area contributed by atoms with E-state index in [1.54, 1.807) is 6.20 Å². The van der Waals surface area contributed by atoms with Crippen molar-refractivity contribution in [1.82, 2.24) is 9.97 Å². The second kappa shape index (κ2) is 3.77. The van der Waals surface area contributed by atoms with Crippen molar-refractivity contribution >= 4 is 5.69 Å². The Balaban J connectivity index is 2.42. The zero-order chi connectivity index (χ0) is 10.8. The number of hydrogen-bond acceptors (Lipinski definition) is 2. The van der Waals surface area contributed by atoms with Gasteiger partial charge in [-0.15, -0.1) is 0 Å². The Kier molecular flexibility index (Phi) is 2.46. The molecule has 2 aromatic rings. The summed E-state index contributed by atoms with van der Waals surface area (Å²) in [6.07, 6.45) is 3.59. The molecule has 1 aromatic heterocycles. The number of benzene rings is 1. The van der Waals surface area contributed by atoms with Crippen molar-refractivity contribution in [2.24, 2.45) is 0 Å². The van der Waals surface area contributed by atoms with Gasteiger partial charge in [0.25, 0.3) is 0 Å². The summed E-state index contributed by atoms with van der Waals surface area (Å²) in [6.45, 7) is 4.12. The van der Waals surface area contributed by atoms with Crippen LogP contribution in [0.15, 0.2) is 30.6 Å². The van der Waals surface area contributed by atoms with Gasteiger partial charge >= 0.3 is 0 Å². The minimum atomic E-state index is 0.208. The Labute approximate surface area is 89.4 Å². The molecule has 0 aliphatic heterocycles. The number of aryl methyl sites for hydroxylation is 1. The number of rotatable bonds is 2. The van der Waals surface area contributed by atoms with E-state index in [2.05, 4.69) is 23.0 Å². The highest BCUT2D eigenvalue weighted by atomic mass is 14.9. The van der Waals surface area contributed by atoms with Crippen LogP contribution >= 0.6 is 0 Å². The number of imidazole rings is 1. The largest absolute Gasteiger partial charge is 0.398 e. The molecule has 15 heavy (non-hydrogen) atoms. The fraction of sp³-hybridized carbons (Fsp3) is 0.250. The summed E-state index contributed by atoms with van der Waals surface area (Å²) in [5, 5.41) is 0. The number of H-pyrrole nitrogens is 1. The SMILES string of the molecule is Cc1cccc(C(C)c2ncc[nH]2)c1N. The van der Waals surface area contributed by atoms with E-state index < -0.39 is 0 Å². The summed E-state index contributed by atoms with van der Waals surface area (Å²) < 4.78 is 0. The molecule has 0 amide bonds. The second-order valence-corrected chi connectivity index (χ2v) is 3.77. The molecule has 1 unspecified atom stereocenters. The average molecular weight is 201 g/mol. The van der Waals surface area contributed by atoms with Gasteiger partial charge in [-0.25, -0.2) is 4.98 Å². The highest BCUT2D eigenvalue weighted by molar-refractivity contribution is 5.55. The van der Waals surface area contributed by atoms with E-state index in [9.17, 15) is 0 Å². The lowest BCUT2D eigenvalue weighted by Gasteiger charge is -2.13. The number of para-hydroxylation sites is 1. The zero-order valence-electron chi connectivity index (χ0n) is 8.99. The molecule has 3 N–H and O–H groups in total. The maximum atomic E-state index is 6.05. The van der Waals surface area contributed by atoms with Crippen LogP contribution in [0.2, 0.25) is 0 Å². The molecule has 1 heterocycles. The molecule has 78 valence electrons. The van der Waals surface area contributed by atoms with Gasteiger partial charge in [-0.1, -0.05) is 25.1 Å². The highest BCUT2D eigenvalue weighted by Gasteiger charge is 2.13. The molecule has 0 saturated carbocycles. The van der Waals surface area contributed by atoms with E-state index in [0.29, 0.717) is 0 Å². The van der Waals surface area contributed by atoms with Crippen LogP contribution in [0.4, 0.5) is 5.69 Å². The molecule has 0 aliphatic rings. The number of nitrogens with two attached hydrogens (primary N) is 1. The minimum absolute atomic E-state index is 0.208. The van der Waals surface area contributed by atoms with Crippen molar-refractivity contribution < 1.29 is 0 Å². The van der Waals surface area contributed by atoms with E-state index in [0.717, 1.165) is 22.6 Å². The Morgan fingerprint density at radius 1 is 1.40 bits per heavy atom. The first-order valence-electron chi connectivity index (χ1n) is 5.04. The van der Waals surface area contributed by atoms with E-state index in [4.69, 9.17) is 5.73 Å². The fourth-order valence-corrected chi connectivity index (χ4v) is 1.74. The van der Waals surface area contributed by atoms with Gasteiger partial charge in [0.15, 0.2) is 0 Å². The van der Waals surface area contributed by atoms with Crippen molar-refractivity contribution in [2.75, 3.05) is 5.73 Å². The predicted molar refractivity (Wildman–Crippen MR) is 61.7 cm³/mol. The van der Waals surface area contributed by atoms with Gasteiger partial charge in [0.2, 0.25) is 0 Å². The zero-order valence-corrected chi connectivity index (χ0v) is 8.99. The third kappa shape index (κ3) is 1.73. The van der Waals surface area contributed by atoms with Crippen LogP contribution in [0.1, 0.15) is 29.8 Å². The summed E-state index contributed by atoms with van der Waals surface area (Å²) in [5.74, 6) is 1.16. The van der Waals surface area contributed by atoms with Gasteiger partial charge in [-0.2, -0.15) is 0 Å². The number of hydrogen-bond donors (Lipinski definition) is 2. The molecule has 0 aliphatic carbocycles. The van der Waals surface area contributed by atoms with Crippen molar-refractivity contribution in [1.29, 1.82) is 0 Å². The molecule has 2 rings (SSSR count). The van der Waals surface area contributed by atoms with Crippen LogP contribution in [-0.2, 0) is 0 Å². The number of aromatic amines is 1. The quantitative estimate of drug-likeness (QED) is 0.733. The standard InChI is InChI=1S/C12H15N3/c1-8-4-3-5-10(11(8)13)9(2)12-14-6-7-15-12/h3-7,9H,13H2,1-2H3,(H,14,15). The summed E-state index contributed by atoms with van der Waals surface area (Å²) >= 11 is 0. The number of nitrogens with zero attached hydrogens (tertiary/aromatic N) is 1. The van der Waals surface area contributed by atoms with Crippen LogP contribution in [-0.4, -0.2) is 9.97 Å². The number of nitrogen functional groups attached to an aromatic ring is 1. The van der Waals surface area contributed by atoms with Gasteiger partial charge in [0.05, 0.1) is 0 Å². The van der Waals surface area contributed by atoms with Gasteiger partial charge < -0.3 is 10.7 Å². The molecule has 0 bridgehead atoms. The monoisotopic (exact) mass is 201 g/mol. The van der Waals surface area contributed by atoms with Gasteiger partial charge in [-0.3, -0.25) is 0 Å². The third-order valence-electron chi connectivity index (χ3n) is 2.75. The van der Waals surface area contributed by atoms with E-state index in [1.165, 1.54) is 0 Å². The van der Waals surface area contributed by atoms with Crippen molar-refractivity contribution in [2.45, 2.75) is 19.8 Å². The van der Waals surface area contributed by atoms with Crippen LogP contribution in [0.3, 0.4) is 0 Å². The third-order valence-corrected chi connectivity index (χ3v) is 2.75. The van der Waals surface area contributed by atoms with Crippen LogP contribution in [0.25, 0.3) is 0 Å². The Morgan fingerprint density at radius 2 is 2.20 bits per heavy atom. The van der Waals surface area contributed by atoms with Crippen molar-refractivity contribution in [3.63, 3.8) is 0 Å². The molecule has 1 atom stereocenters. The first-order chi connectivity index (χ1) is 7.20. The average Bonchev–Trinajstić information content (AvgIpc) is 2.74. The van der Waals surface area contributed by atoms with Crippen LogP contribution in [0, 0.1) is 6.92 Å². The highest BCUT2D eigenvalue weighted by Crippen LogP contribution is 2.28. The summed E-state index contributed by atoms with van der Waals surface area (Å²) in [7, 11) is 0. The van der Waals surface area contributed by atoms with Gasteiger partial charge in [0, 0.05) is 24.0 Å². The topological polar surface area (TPSA) is 54.7 Å². The summed E-state index contributed by atoms with van der Waals surface area (Å²) in [6, 6.07) is 6.10. The van der Waals surface area contributed by atoms with Crippen molar-refractivity contribution in [3.05, 3.63) is 47.5 Å². The van der Waals surface area contributed by atoms with Crippen LogP contribution < -0.4 is 5.73 Å². The molecular formula is C12H15N3. The first-order valence-corrected chi connectivity index (χ1v) is 5.04. The molecule has 0 radical (unpaired) electrons. The lowest BCUT2D eigenvalue weighted by Crippen LogP contribution is -2.04. The first kappa shape index (κ1) is 9.77. The Hall–Kier alpha value is -1.77. The maximum Gasteiger partial charge on any atom is 0.113 e. The number of nitrogens with one attached hydrogen (secondary N) is 1. The van der Waals surface area contributed by atoms with E-state index in [-0.39, 0.29) is 5.92 Å². The maximum absolute atomic E-state index is 6.05. The minimum Gasteiger partial charge on any atom is -0.398 e. The van der Waals surface area contributed by atoms with Gasteiger partial charge in [-0.05, 0) is 18.1 Å².